The first-order valence-electron chi connectivity index (χ1n) is 9.34. The van der Waals surface area contributed by atoms with Crippen molar-refractivity contribution in [2.45, 2.75) is 32.6 Å². The summed E-state index contributed by atoms with van der Waals surface area (Å²) >= 11 is 0. The number of benzene rings is 2. The van der Waals surface area contributed by atoms with Crippen molar-refractivity contribution in [3.05, 3.63) is 71.3 Å². The average Bonchev–Trinajstić information content (AvgIpc) is 2.66. The molecule has 27 heavy (non-hydrogen) atoms. The molecule has 5 nitrogen and oxygen atoms in total. The molecule has 2 aromatic carbocycles. The van der Waals surface area contributed by atoms with Crippen molar-refractivity contribution in [1.29, 1.82) is 0 Å². The minimum Gasteiger partial charge on any atom is -0.373 e. The van der Waals surface area contributed by atoms with E-state index in [0.717, 1.165) is 25.2 Å². The zero-order valence-corrected chi connectivity index (χ0v) is 15.9. The van der Waals surface area contributed by atoms with Gasteiger partial charge >= 0.3 is 0 Å². The Kier molecular flexibility index (Phi) is 6.37. The molecule has 0 radical (unpaired) electrons. The van der Waals surface area contributed by atoms with E-state index in [9.17, 15) is 9.59 Å². The summed E-state index contributed by atoms with van der Waals surface area (Å²) in [5.41, 5.74) is 2.32. The highest BCUT2D eigenvalue weighted by Crippen LogP contribution is 2.15. The van der Waals surface area contributed by atoms with Gasteiger partial charge in [0.05, 0.1) is 18.8 Å². The van der Waals surface area contributed by atoms with Gasteiger partial charge in [-0.3, -0.25) is 14.5 Å². The second kappa shape index (κ2) is 8.93. The zero-order chi connectivity index (χ0) is 19.2. The molecule has 0 aromatic heterocycles. The normalized spacial score (nSPS) is 20.2. The maximum absolute atomic E-state index is 12.3. The highest BCUT2D eigenvalue weighted by molar-refractivity contribution is 6.02. The van der Waals surface area contributed by atoms with Gasteiger partial charge < -0.3 is 10.1 Å². The predicted octanol–water partition coefficient (Wildman–Crippen LogP) is 2.91. The summed E-state index contributed by atoms with van der Waals surface area (Å²) in [6, 6.07) is 16.5. The van der Waals surface area contributed by atoms with E-state index in [1.807, 2.05) is 42.5 Å². The quantitative estimate of drug-likeness (QED) is 0.799. The fourth-order valence-electron chi connectivity index (χ4n) is 3.42. The molecule has 2 aromatic rings. The van der Waals surface area contributed by atoms with E-state index < -0.39 is 0 Å². The largest absolute Gasteiger partial charge is 0.373 e. The van der Waals surface area contributed by atoms with Crippen LogP contribution in [0.2, 0.25) is 0 Å². The molecule has 0 aliphatic carbocycles. The van der Waals surface area contributed by atoms with Gasteiger partial charge in [-0.25, -0.2) is 0 Å². The van der Waals surface area contributed by atoms with Gasteiger partial charge in [0.1, 0.15) is 0 Å². The smallest absolute Gasteiger partial charge is 0.251 e. The first-order chi connectivity index (χ1) is 13.0. The third-order valence-electron chi connectivity index (χ3n) is 4.62. The van der Waals surface area contributed by atoms with Crippen LogP contribution in [0, 0.1) is 0 Å². The number of carbonyl (C=O) groups is 2. The van der Waals surface area contributed by atoms with Crippen LogP contribution in [0.25, 0.3) is 0 Å². The Morgan fingerprint density at radius 2 is 1.59 bits per heavy atom. The van der Waals surface area contributed by atoms with Crippen LogP contribution in [0.1, 0.15) is 40.1 Å². The lowest BCUT2D eigenvalue weighted by Crippen LogP contribution is -2.44. The predicted molar refractivity (Wildman–Crippen MR) is 105 cm³/mol. The number of ether oxygens (including phenoxy) is 1. The Morgan fingerprint density at radius 3 is 2.22 bits per heavy atom. The number of nitrogens with one attached hydrogen (secondary N) is 1. The Hall–Kier alpha value is -2.50. The monoisotopic (exact) mass is 366 g/mol. The van der Waals surface area contributed by atoms with E-state index in [2.05, 4.69) is 24.1 Å². The number of carbonyl (C=O) groups excluding carboxylic acids is 2. The molecule has 142 valence electrons. The Morgan fingerprint density at radius 1 is 0.963 bits per heavy atom. The third-order valence-corrected chi connectivity index (χ3v) is 4.62. The lowest BCUT2D eigenvalue weighted by atomic mass is 10.1. The molecule has 1 heterocycles. The number of hydrogen-bond acceptors (Lipinski definition) is 4. The van der Waals surface area contributed by atoms with Crippen LogP contribution < -0.4 is 5.32 Å². The number of hydrogen-bond donors (Lipinski definition) is 1. The van der Waals surface area contributed by atoms with E-state index >= 15 is 0 Å². The van der Waals surface area contributed by atoms with Crippen LogP contribution in [0.3, 0.4) is 0 Å². The van der Waals surface area contributed by atoms with Gasteiger partial charge in [0.15, 0.2) is 5.78 Å². The van der Waals surface area contributed by atoms with Crippen LogP contribution in [0.15, 0.2) is 54.6 Å². The molecule has 0 spiro atoms. The summed E-state index contributed by atoms with van der Waals surface area (Å²) < 4.78 is 5.76. The minimum absolute atomic E-state index is 0.00580. The minimum atomic E-state index is -0.237. The molecular weight excluding hydrogens is 340 g/mol. The van der Waals surface area contributed by atoms with Crippen molar-refractivity contribution in [3.63, 3.8) is 0 Å². The van der Waals surface area contributed by atoms with Gasteiger partial charge in [0.2, 0.25) is 0 Å². The summed E-state index contributed by atoms with van der Waals surface area (Å²) in [5.74, 6) is -0.337. The summed E-state index contributed by atoms with van der Waals surface area (Å²) in [6.45, 7) is 6.84. The molecule has 0 saturated carbocycles. The molecule has 1 amide bonds. The summed E-state index contributed by atoms with van der Waals surface area (Å²) in [7, 11) is 0. The average molecular weight is 366 g/mol. The van der Waals surface area contributed by atoms with Gasteiger partial charge in [0.25, 0.3) is 5.91 Å². The number of amides is 1. The first kappa shape index (κ1) is 19.3. The van der Waals surface area contributed by atoms with Crippen LogP contribution in [0.5, 0.6) is 0 Å². The second-order valence-corrected chi connectivity index (χ2v) is 7.12. The van der Waals surface area contributed by atoms with Crippen LogP contribution >= 0.6 is 0 Å². The molecule has 0 bridgehead atoms. The summed E-state index contributed by atoms with van der Waals surface area (Å²) in [5, 5.41) is 2.69. The highest BCUT2D eigenvalue weighted by Gasteiger charge is 2.22. The maximum atomic E-state index is 12.3. The van der Waals surface area contributed by atoms with Crippen LogP contribution in [-0.2, 0) is 11.3 Å². The van der Waals surface area contributed by atoms with E-state index in [1.165, 1.54) is 0 Å². The topological polar surface area (TPSA) is 58.6 Å². The molecule has 5 heteroatoms. The number of rotatable bonds is 6. The number of nitrogens with zero attached hydrogens (tertiary/aromatic N) is 1. The molecule has 1 aliphatic rings. The van der Waals surface area contributed by atoms with Gasteiger partial charge in [-0.05, 0) is 31.5 Å². The van der Waals surface area contributed by atoms with Crippen molar-refractivity contribution < 1.29 is 14.3 Å². The second-order valence-electron chi connectivity index (χ2n) is 7.12. The maximum Gasteiger partial charge on any atom is 0.251 e. The third kappa shape index (κ3) is 5.49. The van der Waals surface area contributed by atoms with Gasteiger partial charge in [-0.1, -0.05) is 42.5 Å². The fraction of sp³-hybridized carbons (Fsp3) is 0.364. The van der Waals surface area contributed by atoms with Crippen molar-refractivity contribution in [2.75, 3.05) is 19.6 Å². The molecule has 2 atom stereocenters. The lowest BCUT2D eigenvalue weighted by molar-refractivity contribution is -0.0704. The fourth-order valence-corrected chi connectivity index (χ4v) is 3.42. The number of Topliss-reactive ketones (excluding diaryl/α,β-unsaturated/α-hetero) is 1. The van der Waals surface area contributed by atoms with Crippen molar-refractivity contribution in [3.8, 4) is 0 Å². The first-order valence-corrected chi connectivity index (χ1v) is 9.34. The SMILES string of the molecule is CC1CN(Cc2ccc(C(=O)NCC(=O)c3ccccc3)cc2)CC(C)O1. The van der Waals surface area contributed by atoms with Crippen molar-refractivity contribution >= 4 is 11.7 Å². The van der Waals surface area contributed by atoms with Gasteiger partial charge in [-0.15, -0.1) is 0 Å². The molecule has 1 aliphatic heterocycles. The molecular formula is C22H26N2O3. The standard InChI is InChI=1S/C22H26N2O3/c1-16-13-24(14-17(2)27-16)15-18-8-10-20(11-9-18)22(26)23-12-21(25)19-6-4-3-5-7-19/h3-11,16-17H,12-15H2,1-2H3,(H,23,26). The van der Waals surface area contributed by atoms with Crippen molar-refractivity contribution in [1.82, 2.24) is 10.2 Å². The van der Waals surface area contributed by atoms with Gasteiger partial charge in [-0.2, -0.15) is 0 Å². The Labute approximate surface area is 160 Å². The van der Waals surface area contributed by atoms with E-state index in [4.69, 9.17) is 4.74 Å². The molecule has 1 saturated heterocycles. The molecule has 2 unspecified atom stereocenters. The highest BCUT2D eigenvalue weighted by atomic mass is 16.5. The van der Waals surface area contributed by atoms with Crippen molar-refractivity contribution in [2.24, 2.45) is 0 Å². The summed E-state index contributed by atoms with van der Waals surface area (Å²) in [4.78, 5) is 26.7. The van der Waals surface area contributed by atoms with E-state index in [-0.39, 0.29) is 30.4 Å². The summed E-state index contributed by atoms with van der Waals surface area (Å²) in [6.07, 6.45) is 0.474. The molecule has 1 N–H and O–H groups in total. The van der Waals surface area contributed by atoms with E-state index in [0.29, 0.717) is 11.1 Å². The Bertz CT molecular complexity index is 764. The molecule has 3 rings (SSSR count). The number of ketones is 1. The van der Waals surface area contributed by atoms with Crippen LogP contribution in [0.4, 0.5) is 0 Å². The van der Waals surface area contributed by atoms with E-state index in [1.54, 1.807) is 12.1 Å². The number of morpholine rings is 1. The Balaban J connectivity index is 1.52. The van der Waals surface area contributed by atoms with Gasteiger partial charge in [0, 0.05) is 30.8 Å². The zero-order valence-electron chi connectivity index (χ0n) is 15.9. The lowest BCUT2D eigenvalue weighted by Gasteiger charge is -2.35. The molecule has 1 fully saturated rings. The van der Waals surface area contributed by atoms with Crippen LogP contribution in [-0.4, -0.2) is 48.4 Å².